The Bertz CT molecular complexity index is 1740. The molecule has 9 heteroatoms. The third-order valence-corrected chi connectivity index (χ3v) is 13.5. The lowest BCUT2D eigenvalue weighted by Crippen LogP contribution is -2.45. The molecule has 0 aliphatic heterocycles. The third kappa shape index (κ3) is 58.1. The second-order valence-corrected chi connectivity index (χ2v) is 22.4. The highest BCUT2D eigenvalue weighted by Crippen LogP contribution is 2.38. The Labute approximate surface area is 468 Å². The number of phosphoric ester groups is 1. The van der Waals surface area contributed by atoms with E-state index < -0.39 is 26.6 Å². The van der Waals surface area contributed by atoms with Gasteiger partial charge in [0.05, 0.1) is 39.9 Å². The standard InChI is InChI=1S/C67H113N2O6P/c1-6-8-10-12-14-16-18-20-22-23-24-25-26-27-28-29-30-31-32-33-34-35-36-37-38-39-40-41-42-43-44-45-47-49-51-53-55-57-59-61-67(71)68-65(64-75-76(72,73)74-63-62-69(3,4)5)66(70)60-58-56-54-52-50-48-46-21-19-17-15-13-11-9-7-2/h8,10,14,16,20,22,24-25,27-28,30-31,33-34,36-37,39-40,42-43,50,52,58,60,65-66,70H,6-7,9,11-13,15,17-19,21,23,26,29,32,35,38,41,44-49,51,53-57,59,61-64H2,1-5H3,(H-,68,71,72,73)/b10-8-,16-14-,22-20-,25-24-,28-27-,31-30-,34-33-,37-36-,40-39-,43-42-,52-50+,60-58+. The highest BCUT2D eigenvalue weighted by atomic mass is 31.2. The van der Waals surface area contributed by atoms with Gasteiger partial charge in [0.1, 0.15) is 13.2 Å². The molecule has 3 atom stereocenters. The van der Waals surface area contributed by atoms with E-state index in [-0.39, 0.29) is 12.5 Å². The Morgan fingerprint density at radius 3 is 1.22 bits per heavy atom. The molecule has 0 radical (unpaired) electrons. The minimum atomic E-state index is -4.62. The quantitative estimate of drug-likeness (QED) is 0.0272. The molecule has 0 saturated carbocycles. The maximum absolute atomic E-state index is 13.0. The van der Waals surface area contributed by atoms with Gasteiger partial charge in [-0.15, -0.1) is 0 Å². The van der Waals surface area contributed by atoms with Crippen molar-refractivity contribution in [2.24, 2.45) is 0 Å². The number of hydrogen-bond acceptors (Lipinski definition) is 6. The van der Waals surface area contributed by atoms with Gasteiger partial charge in [-0.25, -0.2) is 0 Å². The molecule has 0 saturated heterocycles. The second-order valence-electron chi connectivity index (χ2n) is 21.0. The molecule has 0 rings (SSSR count). The van der Waals surface area contributed by atoms with E-state index in [4.69, 9.17) is 9.05 Å². The van der Waals surface area contributed by atoms with Gasteiger partial charge >= 0.3 is 0 Å². The van der Waals surface area contributed by atoms with E-state index in [1.165, 1.54) is 83.5 Å². The predicted octanol–water partition coefficient (Wildman–Crippen LogP) is 18.2. The smallest absolute Gasteiger partial charge is 0.268 e. The number of carbonyl (C=O) groups is 1. The van der Waals surface area contributed by atoms with Crippen LogP contribution in [-0.4, -0.2) is 68.5 Å². The van der Waals surface area contributed by atoms with Crippen LogP contribution >= 0.6 is 7.82 Å². The average molecular weight is 1070 g/mol. The van der Waals surface area contributed by atoms with Gasteiger partial charge in [-0.05, 0) is 109 Å². The van der Waals surface area contributed by atoms with E-state index in [0.29, 0.717) is 17.4 Å². The van der Waals surface area contributed by atoms with Crippen molar-refractivity contribution in [1.82, 2.24) is 5.32 Å². The van der Waals surface area contributed by atoms with Crippen molar-refractivity contribution in [3.8, 4) is 0 Å². The topological polar surface area (TPSA) is 108 Å². The molecule has 0 aliphatic rings. The van der Waals surface area contributed by atoms with Gasteiger partial charge in [0, 0.05) is 6.42 Å². The fourth-order valence-corrected chi connectivity index (χ4v) is 8.57. The molecule has 76 heavy (non-hydrogen) atoms. The van der Waals surface area contributed by atoms with Crippen molar-refractivity contribution in [2.45, 2.75) is 231 Å². The van der Waals surface area contributed by atoms with Crippen LogP contribution in [0.1, 0.15) is 219 Å². The zero-order chi connectivity index (χ0) is 55.6. The Morgan fingerprint density at radius 1 is 0.474 bits per heavy atom. The fourth-order valence-electron chi connectivity index (χ4n) is 7.84. The van der Waals surface area contributed by atoms with Crippen LogP contribution in [0.2, 0.25) is 0 Å². The van der Waals surface area contributed by atoms with E-state index in [1.807, 2.05) is 27.2 Å². The number of likely N-dealkylation sites (N-methyl/N-ethyl adjacent to an activating group) is 1. The Kier molecular flexibility index (Phi) is 53.4. The SMILES string of the molecule is CC/C=C\C/C=C\C/C=C\C/C=C\C/C=C\C/C=C\C/C=C\C/C=C\C/C=C\C/C=C\CCCCCCCCCCC(=O)NC(COP(=O)([O-])OCC[N+](C)(C)C)C(O)/C=C/CC/C=C/CCCCCCCCCCC. The minimum absolute atomic E-state index is 0.0153. The number of quaternary nitrogens is 1. The van der Waals surface area contributed by atoms with E-state index in [1.54, 1.807) is 6.08 Å². The summed E-state index contributed by atoms with van der Waals surface area (Å²) < 4.78 is 23.3. The summed E-state index contributed by atoms with van der Waals surface area (Å²) in [6.07, 6.45) is 86.5. The molecule has 0 aliphatic carbocycles. The first-order valence-corrected chi connectivity index (χ1v) is 31.7. The molecule has 0 heterocycles. The summed E-state index contributed by atoms with van der Waals surface area (Å²) in [5.74, 6) is -0.222. The van der Waals surface area contributed by atoms with E-state index in [9.17, 15) is 19.4 Å². The van der Waals surface area contributed by atoms with Crippen LogP contribution in [0, 0.1) is 0 Å². The Hall–Kier alpha value is -3.62. The monoisotopic (exact) mass is 1070 g/mol. The molecule has 0 spiro atoms. The maximum atomic E-state index is 13.0. The third-order valence-electron chi connectivity index (χ3n) is 12.5. The predicted molar refractivity (Wildman–Crippen MR) is 329 cm³/mol. The summed E-state index contributed by atoms with van der Waals surface area (Å²) in [6, 6.07) is -0.918. The number of phosphoric acid groups is 1. The first-order chi connectivity index (χ1) is 37.0. The van der Waals surface area contributed by atoms with E-state index >= 15 is 0 Å². The number of allylic oxidation sites excluding steroid dienone is 23. The first kappa shape index (κ1) is 72.4. The van der Waals surface area contributed by atoms with Crippen molar-refractivity contribution >= 4 is 13.7 Å². The normalized spacial score (nSPS) is 14.9. The summed E-state index contributed by atoms with van der Waals surface area (Å²) in [5.41, 5.74) is 0. The van der Waals surface area contributed by atoms with Crippen molar-refractivity contribution in [3.05, 3.63) is 146 Å². The number of unbranched alkanes of at least 4 members (excludes halogenated alkanes) is 18. The molecule has 0 fully saturated rings. The summed E-state index contributed by atoms with van der Waals surface area (Å²) in [7, 11) is 1.22. The number of hydrogen-bond donors (Lipinski definition) is 2. The lowest BCUT2D eigenvalue weighted by molar-refractivity contribution is -0.870. The zero-order valence-corrected chi connectivity index (χ0v) is 50.0. The van der Waals surface area contributed by atoms with Gasteiger partial charge < -0.3 is 28.8 Å². The molecule has 8 nitrogen and oxygen atoms in total. The van der Waals surface area contributed by atoms with Crippen LogP contribution in [0.15, 0.2) is 146 Å². The minimum Gasteiger partial charge on any atom is -0.756 e. The highest BCUT2D eigenvalue weighted by molar-refractivity contribution is 7.45. The number of amides is 1. The fraction of sp³-hybridized carbons (Fsp3) is 0.627. The van der Waals surface area contributed by atoms with Crippen LogP contribution in [0.25, 0.3) is 0 Å². The molecule has 0 aromatic heterocycles. The molecular formula is C67H113N2O6P. The van der Waals surface area contributed by atoms with Crippen LogP contribution in [-0.2, 0) is 18.4 Å². The van der Waals surface area contributed by atoms with Crippen molar-refractivity contribution in [3.63, 3.8) is 0 Å². The average Bonchev–Trinajstić information content (AvgIpc) is 3.38. The molecule has 0 aromatic carbocycles. The summed E-state index contributed by atoms with van der Waals surface area (Å²) in [6.45, 7) is 4.48. The van der Waals surface area contributed by atoms with E-state index in [0.717, 1.165) is 116 Å². The van der Waals surface area contributed by atoms with E-state index in [2.05, 4.69) is 153 Å². The largest absolute Gasteiger partial charge is 0.756 e. The molecule has 2 N–H and O–H groups in total. The summed E-state index contributed by atoms with van der Waals surface area (Å²) in [5, 5.41) is 13.8. The van der Waals surface area contributed by atoms with Crippen LogP contribution in [0.3, 0.4) is 0 Å². The molecular weight excluding hydrogens is 960 g/mol. The Morgan fingerprint density at radius 2 is 0.816 bits per heavy atom. The van der Waals surface area contributed by atoms with Gasteiger partial charge in [0.15, 0.2) is 0 Å². The van der Waals surface area contributed by atoms with Gasteiger partial charge in [0.2, 0.25) is 5.91 Å². The second kappa shape index (κ2) is 56.1. The molecule has 0 bridgehead atoms. The highest BCUT2D eigenvalue weighted by Gasteiger charge is 2.23. The van der Waals surface area contributed by atoms with Gasteiger partial charge in [-0.3, -0.25) is 9.36 Å². The first-order valence-electron chi connectivity index (χ1n) is 30.2. The molecule has 432 valence electrons. The number of aliphatic hydroxyl groups excluding tert-OH is 1. The van der Waals surface area contributed by atoms with Crippen molar-refractivity contribution in [2.75, 3.05) is 40.9 Å². The van der Waals surface area contributed by atoms with Gasteiger partial charge in [0.25, 0.3) is 7.82 Å². The number of rotatable bonds is 53. The van der Waals surface area contributed by atoms with Crippen LogP contribution in [0.5, 0.6) is 0 Å². The summed E-state index contributed by atoms with van der Waals surface area (Å²) in [4.78, 5) is 25.5. The maximum Gasteiger partial charge on any atom is 0.268 e. The molecule has 1 amide bonds. The number of nitrogens with one attached hydrogen (secondary N) is 1. The number of carbonyl (C=O) groups excluding carboxylic acids is 1. The van der Waals surface area contributed by atoms with Crippen LogP contribution in [0.4, 0.5) is 0 Å². The van der Waals surface area contributed by atoms with Gasteiger partial charge in [-0.2, -0.15) is 0 Å². The lowest BCUT2D eigenvalue weighted by atomic mass is 10.1. The molecule has 3 unspecified atom stereocenters. The Balaban J connectivity index is 4.18. The zero-order valence-electron chi connectivity index (χ0n) is 49.1. The van der Waals surface area contributed by atoms with Crippen molar-refractivity contribution < 1.29 is 32.9 Å². The van der Waals surface area contributed by atoms with Crippen LogP contribution < -0.4 is 10.2 Å². The lowest BCUT2D eigenvalue weighted by Gasteiger charge is -2.29. The number of aliphatic hydroxyl groups is 1. The van der Waals surface area contributed by atoms with Gasteiger partial charge in [-0.1, -0.05) is 250 Å². The van der Waals surface area contributed by atoms with Crippen molar-refractivity contribution in [1.29, 1.82) is 0 Å². The molecule has 0 aromatic rings. The number of nitrogens with zero attached hydrogens (tertiary/aromatic N) is 1. The summed E-state index contributed by atoms with van der Waals surface area (Å²) >= 11 is 0.